The van der Waals surface area contributed by atoms with Gasteiger partial charge in [0.2, 0.25) is 0 Å². The minimum Gasteiger partial charge on any atom is -0.486 e. The van der Waals surface area contributed by atoms with E-state index < -0.39 is 12.1 Å². The van der Waals surface area contributed by atoms with Gasteiger partial charge >= 0.3 is 5.97 Å². The maximum atomic E-state index is 11.6. The van der Waals surface area contributed by atoms with Crippen LogP contribution in [0.4, 0.5) is 5.82 Å². The summed E-state index contributed by atoms with van der Waals surface area (Å²) in [5.74, 6) is 1.48. The van der Waals surface area contributed by atoms with Gasteiger partial charge in [0.25, 0.3) is 0 Å². The number of benzene rings is 1. The zero-order chi connectivity index (χ0) is 17.6. The molecule has 0 saturated heterocycles. The van der Waals surface area contributed by atoms with Crippen LogP contribution in [0.2, 0.25) is 0 Å². The first-order valence-corrected chi connectivity index (χ1v) is 8.12. The molecule has 1 aromatic heterocycles. The molecule has 0 aliphatic carbocycles. The zero-order valence-electron chi connectivity index (χ0n) is 13.9. The second-order valence-corrected chi connectivity index (χ2v) is 5.45. The number of aromatic nitrogens is 1. The predicted molar refractivity (Wildman–Crippen MR) is 91.1 cm³/mol. The number of pyridine rings is 1. The molecule has 1 atom stereocenters. The Hall–Kier alpha value is -2.80. The van der Waals surface area contributed by atoms with E-state index in [1.165, 1.54) is 6.20 Å². The van der Waals surface area contributed by atoms with Crippen LogP contribution in [0.5, 0.6) is 11.5 Å². The van der Waals surface area contributed by atoms with E-state index in [0.29, 0.717) is 42.7 Å². The van der Waals surface area contributed by atoms with Crippen molar-refractivity contribution in [2.45, 2.75) is 13.0 Å². The van der Waals surface area contributed by atoms with Crippen molar-refractivity contribution in [2.75, 3.05) is 31.7 Å². The molecule has 132 valence electrons. The van der Waals surface area contributed by atoms with Gasteiger partial charge in [0.15, 0.2) is 11.5 Å². The SMILES string of the molecule is CCOC(=O)c1ccc(NC[C@H](O)c2ccc3c(c2)OCCO3)nc1. The highest BCUT2D eigenvalue weighted by Gasteiger charge is 2.15. The summed E-state index contributed by atoms with van der Waals surface area (Å²) in [5.41, 5.74) is 1.11. The van der Waals surface area contributed by atoms with Gasteiger partial charge in [0.1, 0.15) is 19.0 Å². The van der Waals surface area contributed by atoms with Gasteiger partial charge in [0, 0.05) is 12.7 Å². The molecule has 0 amide bonds. The lowest BCUT2D eigenvalue weighted by molar-refractivity contribution is 0.0526. The molecule has 3 rings (SSSR count). The molecule has 1 aliphatic heterocycles. The number of hydrogen-bond donors (Lipinski definition) is 2. The number of ether oxygens (including phenoxy) is 3. The Bertz CT molecular complexity index is 733. The first kappa shape index (κ1) is 17.0. The standard InChI is InChI=1S/C18H20N2O5/c1-2-23-18(22)13-4-6-17(19-10-13)20-11-14(21)12-3-5-15-16(9-12)25-8-7-24-15/h3-6,9-10,14,21H,2,7-8,11H2,1H3,(H,19,20)/t14-/m0/s1. The van der Waals surface area contributed by atoms with E-state index in [1.54, 1.807) is 37.3 Å². The smallest absolute Gasteiger partial charge is 0.339 e. The Morgan fingerprint density at radius 3 is 2.80 bits per heavy atom. The van der Waals surface area contributed by atoms with E-state index in [0.717, 1.165) is 5.56 Å². The number of anilines is 1. The van der Waals surface area contributed by atoms with Crippen LogP contribution in [0.3, 0.4) is 0 Å². The highest BCUT2D eigenvalue weighted by Crippen LogP contribution is 2.32. The third kappa shape index (κ3) is 4.19. The number of carbonyl (C=O) groups is 1. The van der Waals surface area contributed by atoms with Crippen LogP contribution < -0.4 is 14.8 Å². The van der Waals surface area contributed by atoms with Crippen molar-refractivity contribution in [3.05, 3.63) is 47.7 Å². The Morgan fingerprint density at radius 1 is 1.28 bits per heavy atom. The van der Waals surface area contributed by atoms with Gasteiger partial charge in [-0.15, -0.1) is 0 Å². The average molecular weight is 344 g/mol. The third-order valence-corrected chi connectivity index (χ3v) is 3.70. The Kier molecular flexibility index (Phi) is 5.35. The molecule has 0 saturated carbocycles. The van der Waals surface area contributed by atoms with E-state index in [9.17, 15) is 9.90 Å². The largest absolute Gasteiger partial charge is 0.486 e. The summed E-state index contributed by atoms with van der Waals surface area (Å²) in [6, 6.07) is 8.67. The van der Waals surface area contributed by atoms with Crippen molar-refractivity contribution < 1.29 is 24.1 Å². The van der Waals surface area contributed by atoms with Gasteiger partial charge in [-0.25, -0.2) is 9.78 Å². The van der Waals surface area contributed by atoms with E-state index in [-0.39, 0.29) is 6.54 Å². The second kappa shape index (κ2) is 7.85. The molecule has 25 heavy (non-hydrogen) atoms. The van der Waals surface area contributed by atoms with Gasteiger partial charge in [-0.2, -0.15) is 0 Å². The maximum absolute atomic E-state index is 11.6. The first-order valence-electron chi connectivity index (χ1n) is 8.12. The normalized spacial score (nSPS) is 13.8. The highest BCUT2D eigenvalue weighted by atomic mass is 16.6. The van der Waals surface area contributed by atoms with E-state index >= 15 is 0 Å². The van der Waals surface area contributed by atoms with Crippen LogP contribution in [-0.4, -0.2) is 42.4 Å². The summed E-state index contributed by atoms with van der Waals surface area (Å²) >= 11 is 0. The second-order valence-electron chi connectivity index (χ2n) is 5.45. The minimum absolute atomic E-state index is 0.269. The number of rotatable bonds is 6. The molecule has 2 aromatic rings. The van der Waals surface area contributed by atoms with Crippen molar-refractivity contribution in [3.8, 4) is 11.5 Å². The molecule has 2 heterocycles. The molecule has 0 fully saturated rings. The molecular formula is C18H20N2O5. The Balaban J connectivity index is 1.58. The van der Waals surface area contributed by atoms with Crippen LogP contribution in [0.25, 0.3) is 0 Å². The number of nitrogens with one attached hydrogen (secondary N) is 1. The number of aliphatic hydroxyl groups excluding tert-OH is 1. The van der Waals surface area contributed by atoms with Crippen LogP contribution in [-0.2, 0) is 4.74 Å². The number of aliphatic hydroxyl groups is 1. The molecule has 0 spiro atoms. The molecule has 2 N–H and O–H groups in total. The summed E-state index contributed by atoms with van der Waals surface area (Å²) < 4.78 is 15.9. The molecular weight excluding hydrogens is 324 g/mol. The van der Waals surface area contributed by atoms with Crippen LogP contribution in [0.1, 0.15) is 28.9 Å². The van der Waals surface area contributed by atoms with Crippen LogP contribution >= 0.6 is 0 Å². The van der Waals surface area contributed by atoms with Gasteiger partial charge in [-0.1, -0.05) is 6.07 Å². The number of fused-ring (bicyclic) bond motifs is 1. The summed E-state index contributed by atoms with van der Waals surface area (Å²) in [5, 5.41) is 13.4. The van der Waals surface area contributed by atoms with Crippen LogP contribution in [0, 0.1) is 0 Å². The van der Waals surface area contributed by atoms with Crippen molar-refractivity contribution in [2.24, 2.45) is 0 Å². The first-order chi connectivity index (χ1) is 12.2. The number of hydrogen-bond acceptors (Lipinski definition) is 7. The molecule has 1 aromatic carbocycles. The summed E-state index contributed by atoms with van der Waals surface area (Å²) in [4.78, 5) is 15.7. The van der Waals surface area contributed by atoms with Gasteiger partial charge in [-0.05, 0) is 36.8 Å². The lowest BCUT2D eigenvalue weighted by Gasteiger charge is -2.20. The number of esters is 1. The van der Waals surface area contributed by atoms with Crippen molar-refractivity contribution in [3.63, 3.8) is 0 Å². The molecule has 1 aliphatic rings. The fourth-order valence-electron chi connectivity index (χ4n) is 2.42. The van der Waals surface area contributed by atoms with Crippen LogP contribution in [0.15, 0.2) is 36.5 Å². The van der Waals surface area contributed by atoms with E-state index in [2.05, 4.69) is 10.3 Å². The summed E-state index contributed by atoms with van der Waals surface area (Å²) in [7, 11) is 0. The van der Waals surface area contributed by atoms with Crippen molar-refractivity contribution in [1.82, 2.24) is 4.98 Å². The number of carbonyl (C=O) groups excluding carboxylic acids is 1. The zero-order valence-corrected chi connectivity index (χ0v) is 13.9. The lowest BCUT2D eigenvalue weighted by Crippen LogP contribution is -2.17. The molecule has 0 radical (unpaired) electrons. The van der Waals surface area contributed by atoms with E-state index in [4.69, 9.17) is 14.2 Å². The van der Waals surface area contributed by atoms with Crippen molar-refractivity contribution in [1.29, 1.82) is 0 Å². The predicted octanol–water partition coefficient (Wildman–Crippen LogP) is 2.17. The Morgan fingerprint density at radius 2 is 2.08 bits per heavy atom. The van der Waals surface area contributed by atoms with Gasteiger partial charge in [0.05, 0.1) is 18.3 Å². The topological polar surface area (TPSA) is 89.9 Å². The third-order valence-electron chi connectivity index (χ3n) is 3.70. The van der Waals surface area contributed by atoms with E-state index in [1.807, 2.05) is 0 Å². The summed E-state index contributed by atoms with van der Waals surface area (Å²) in [6.45, 7) is 3.37. The Labute approximate surface area is 145 Å². The maximum Gasteiger partial charge on any atom is 0.339 e. The molecule has 0 unspecified atom stereocenters. The monoisotopic (exact) mass is 344 g/mol. The average Bonchev–Trinajstić information content (AvgIpc) is 2.66. The fourth-order valence-corrected chi connectivity index (χ4v) is 2.42. The molecule has 7 nitrogen and oxygen atoms in total. The quantitative estimate of drug-likeness (QED) is 0.776. The molecule has 7 heteroatoms. The highest BCUT2D eigenvalue weighted by molar-refractivity contribution is 5.89. The number of nitrogens with zero attached hydrogens (tertiary/aromatic N) is 1. The fraction of sp³-hybridized carbons (Fsp3) is 0.333. The molecule has 0 bridgehead atoms. The lowest BCUT2D eigenvalue weighted by atomic mass is 10.1. The minimum atomic E-state index is -0.734. The van der Waals surface area contributed by atoms with Crippen molar-refractivity contribution >= 4 is 11.8 Å². The summed E-state index contributed by atoms with van der Waals surface area (Å²) in [6.07, 6.45) is 0.707. The van der Waals surface area contributed by atoms with Gasteiger partial charge in [-0.3, -0.25) is 0 Å². The van der Waals surface area contributed by atoms with Gasteiger partial charge < -0.3 is 24.6 Å².